The van der Waals surface area contributed by atoms with Crippen LogP contribution in [0.1, 0.15) is 24.1 Å². The van der Waals surface area contributed by atoms with E-state index in [0.717, 1.165) is 10.0 Å². The first kappa shape index (κ1) is 15.3. The number of hydrogen-bond acceptors (Lipinski definition) is 2. The van der Waals surface area contributed by atoms with Crippen molar-refractivity contribution in [2.45, 2.75) is 19.6 Å². The molecule has 20 heavy (non-hydrogen) atoms. The van der Waals surface area contributed by atoms with Crippen LogP contribution in [0.4, 0.5) is 4.39 Å². The Kier molecular flexibility index (Phi) is 5.02. The van der Waals surface area contributed by atoms with Crippen LogP contribution >= 0.6 is 27.5 Å². The maximum absolute atomic E-state index is 13.6. The van der Waals surface area contributed by atoms with Crippen molar-refractivity contribution in [2.75, 3.05) is 0 Å². The van der Waals surface area contributed by atoms with Crippen LogP contribution in [0.15, 0.2) is 40.9 Å². The largest absolute Gasteiger partial charge is 0.488 e. The highest BCUT2D eigenvalue weighted by atomic mass is 79.9. The molecule has 0 amide bonds. The summed E-state index contributed by atoms with van der Waals surface area (Å²) >= 11 is 9.26. The number of hydrogen-bond donors (Lipinski definition) is 1. The Labute approximate surface area is 130 Å². The van der Waals surface area contributed by atoms with E-state index in [0.29, 0.717) is 16.3 Å². The molecule has 0 spiro atoms. The summed E-state index contributed by atoms with van der Waals surface area (Å²) in [5.74, 6) is 0.313. The van der Waals surface area contributed by atoms with Gasteiger partial charge in [-0.15, -0.1) is 0 Å². The summed E-state index contributed by atoms with van der Waals surface area (Å²) in [6.45, 7) is 1.98. The first-order chi connectivity index (χ1) is 9.47. The zero-order chi connectivity index (χ0) is 14.7. The van der Waals surface area contributed by atoms with Crippen molar-refractivity contribution in [1.29, 1.82) is 0 Å². The van der Waals surface area contributed by atoms with Crippen molar-refractivity contribution < 1.29 is 9.13 Å². The first-order valence-corrected chi connectivity index (χ1v) is 7.26. The maximum atomic E-state index is 13.6. The predicted octanol–water partition coefficient (Wildman–Crippen LogP) is 4.84. The summed E-state index contributed by atoms with van der Waals surface area (Å²) in [6, 6.07) is 9.76. The zero-order valence-corrected chi connectivity index (χ0v) is 13.2. The smallest absolute Gasteiger partial charge is 0.129 e. The Bertz CT molecular complexity index is 619. The minimum atomic E-state index is -0.301. The summed E-state index contributed by atoms with van der Waals surface area (Å²) in [6.07, 6.45) is 0. The van der Waals surface area contributed by atoms with E-state index in [4.69, 9.17) is 22.1 Å². The quantitative estimate of drug-likeness (QED) is 0.848. The molecule has 2 rings (SSSR count). The molecule has 2 N–H and O–H groups in total. The van der Waals surface area contributed by atoms with E-state index >= 15 is 0 Å². The van der Waals surface area contributed by atoms with E-state index in [1.54, 1.807) is 30.3 Å². The molecule has 0 aliphatic rings. The van der Waals surface area contributed by atoms with Gasteiger partial charge in [0, 0.05) is 26.7 Å². The van der Waals surface area contributed by atoms with Crippen LogP contribution in [0.3, 0.4) is 0 Å². The fourth-order valence-electron chi connectivity index (χ4n) is 1.82. The van der Waals surface area contributed by atoms with Gasteiger partial charge in [0.15, 0.2) is 0 Å². The number of ether oxygens (including phenoxy) is 1. The van der Waals surface area contributed by atoms with Crippen LogP contribution in [0, 0.1) is 5.82 Å². The van der Waals surface area contributed by atoms with Gasteiger partial charge in [-0.1, -0.05) is 27.5 Å². The molecule has 0 bridgehead atoms. The number of halogens is 3. The molecule has 0 aliphatic heterocycles. The van der Waals surface area contributed by atoms with Crippen molar-refractivity contribution in [1.82, 2.24) is 0 Å². The maximum Gasteiger partial charge on any atom is 0.129 e. The van der Waals surface area contributed by atoms with Crippen molar-refractivity contribution in [3.05, 3.63) is 62.8 Å². The molecule has 1 unspecified atom stereocenters. The Morgan fingerprint density at radius 2 is 2.05 bits per heavy atom. The third kappa shape index (κ3) is 3.72. The first-order valence-electron chi connectivity index (χ1n) is 6.09. The van der Waals surface area contributed by atoms with E-state index in [1.165, 1.54) is 6.07 Å². The third-order valence-corrected chi connectivity index (χ3v) is 3.58. The minimum Gasteiger partial charge on any atom is -0.488 e. The van der Waals surface area contributed by atoms with Crippen LogP contribution in [0.2, 0.25) is 5.02 Å². The number of benzene rings is 2. The van der Waals surface area contributed by atoms with Gasteiger partial charge in [-0.05, 0) is 43.3 Å². The Morgan fingerprint density at radius 3 is 2.75 bits per heavy atom. The van der Waals surface area contributed by atoms with Crippen LogP contribution < -0.4 is 10.5 Å². The van der Waals surface area contributed by atoms with Crippen LogP contribution in [-0.2, 0) is 6.61 Å². The van der Waals surface area contributed by atoms with Crippen molar-refractivity contribution >= 4 is 27.5 Å². The molecule has 1 atom stereocenters. The lowest BCUT2D eigenvalue weighted by Crippen LogP contribution is -2.08. The molecule has 0 saturated carbocycles. The van der Waals surface area contributed by atoms with Gasteiger partial charge < -0.3 is 10.5 Å². The van der Waals surface area contributed by atoms with E-state index in [9.17, 15) is 4.39 Å². The molecule has 5 heteroatoms. The summed E-state index contributed by atoms with van der Waals surface area (Å²) in [7, 11) is 0. The Hall–Kier alpha value is -1.10. The van der Waals surface area contributed by atoms with Crippen molar-refractivity contribution in [3.63, 3.8) is 0 Å². The second-order valence-electron chi connectivity index (χ2n) is 4.50. The molecular formula is C15H14BrClFNO. The monoisotopic (exact) mass is 357 g/mol. The Morgan fingerprint density at radius 1 is 1.30 bits per heavy atom. The van der Waals surface area contributed by atoms with Gasteiger partial charge in [-0.25, -0.2) is 4.39 Å². The zero-order valence-electron chi connectivity index (χ0n) is 10.9. The molecule has 2 aromatic rings. The highest BCUT2D eigenvalue weighted by Gasteiger charge is 2.10. The standard InChI is InChI=1S/C15H14BrClFNO/c1-9(19)13-7-12(17)3-5-15(13)20-8-10-6-11(16)2-4-14(10)18/h2-7,9H,8,19H2,1H3. The van der Waals surface area contributed by atoms with Gasteiger partial charge in [0.25, 0.3) is 0 Å². The SMILES string of the molecule is CC(N)c1cc(Cl)ccc1OCc1cc(Br)ccc1F. The van der Waals surface area contributed by atoms with Gasteiger partial charge >= 0.3 is 0 Å². The van der Waals surface area contributed by atoms with Gasteiger partial charge in [0.1, 0.15) is 18.2 Å². The molecule has 2 aromatic carbocycles. The highest BCUT2D eigenvalue weighted by molar-refractivity contribution is 9.10. The molecule has 0 aromatic heterocycles. The van der Waals surface area contributed by atoms with Gasteiger partial charge in [0.05, 0.1) is 0 Å². The van der Waals surface area contributed by atoms with Gasteiger partial charge in [-0.3, -0.25) is 0 Å². The fourth-order valence-corrected chi connectivity index (χ4v) is 2.41. The predicted molar refractivity (Wildman–Crippen MR) is 82.5 cm³/mol. The molecule has 0 fully saturated rings. The van der Waals surface area contributed by atoms with E-state index < -0.39 is 0 Å². The number of rotatable bonds is 4. The topological polar surface area (TPSA) is 35.2 Å². The van der Waals surface area contributed by atoms with E-state index in [-0.39, 0.29) is 18.5 Å². The molecule has 0 saturated heterocycles. The second-order valence-corrected chi connectivity index (χ2v) is 5.85. The summed E-state index contributed by atoms with van der Waals surface area (Å²) in [5, 5.41) is 0.596. The summed E-state index contributed by atoms with van der Waals surface area (Å²) in [4.78, 5) is 0. The van der Waals surface area contributed by atoms with E-state index in [2.05, 4.69) is 15.9 Å². The fraction of sp³-hybridized carbons (Fsp3) is 0.200. The lowest BCUT2D eigenvalue weighted by Gasteiger charge is -2.15. The minimum absolute atomic E-state index is 0.132. The van der Waals surface area contributed by atoms with Crippen molar-refractivity contribution in [2.24, 2.45) is 5.73 Å². The lowest BCUT2D eigenvalue weighted by atomic mass is 10.1. The normalized spacial score (nSPS) is 12.2. The molecule has 0 radical (unpaired) electrons. The highest BCUT2D eigenvalue weighted by Crippen LogP contribution is 2.28. The molecular weight excluding hydrogens is 345 g/mol. The summed E-state index contributed by atoms with van der Waals surface area (Å²) in [5.41, 5.74) is 7.16. The van der Waals surface area contributed by atoms with Crippen molar-refractivity contribution in [3.8, 4) is 5.75 Å². The second kappa shape index (κ2) is 6.57. The van der Waals surface area contributed by atoms with Crippen LogP contribution in [-0.4, -0.2) is 0 Å². The molecule has 106 valence electrons. The molecule has 2 nitrogen and oxygen atoms in total. The lowest BCUT2D eigenvalue weighted by molar-refractivity contribution is 0.295. The average molecular weight is 359 g/mol. The third-order valence-electron chi connectivity index (χ3n) is 2.85. The van der Waals surface area contributed by atoms with Gasteiger partial charge in [-0.2, -0.15) is 0 Å². The summed E-state index contributed by atoms with van der Waals surface area (Å²) < 4.78 is 20.1. The number of nitrogens with two attached hydrogens (primary N) is 1. The average Bonchev–Trinajstić information content (AvgIpc) is 2.40. The molecule has 0 aliphatic carbocycles. The van der Waals surface area contributed by atoms with E-state index in [1.807, 2.05) is 6.92 Å². The van der Waals surface area contributed by atoms with Gasteiger partial charge in [0.2, 0.25) is 0 Å². The Balaban J connectivity index is 2.20. The van der Waals surface area contributed by atoms with Crippen LogP contribution in [0.5, 0.6) is 5.75 Å². The molecule has 0 heterocycles. The van der Waals surface area contributed by atoms with Crippen LogP contribution in [0.25, 0.3) is 0 Å².